The first-order valence-corrected chi connectivity index (χ1v) is 10.5. The van der Waals surface area contributed by atoms with Crippen LogP contribution in [0.15, 0.2) is 72.4 Å². The van der Waals surface area contributed by atoms with Crippen molar-refractivity contribution in [3.05, 3.63) is 94.3 Å². The van der Waals surface area contributed by atoms with Crippen LogP contribution in [0.1, 0.15) is 22.9 Å². The van der Waals surface area contributed by atoms with Crippen molar-refractivity contribution in [3.63, 3.8) is 0 Å². The molecule has 1 unspecified atom stereocenters. The number of ether oxygens (including phenoxy) is 2. The number of methoxy groups -OCH3 is 2. The summed E-state index contributed by atoms with van der Waals surface area (Å²) in [4.78, 5) is 32.0. The first-order valence-electron chi connectivity index (χ1n) is 10.1. The van der Waals surface area contributed by atoms with Crippen molar-refractivity contribution in [2.24, 2.45) is 0 Å². The van der Waals surface area contributed by atoms with E-state index in [0.29, 0.717) is 17.2 Å². The number of hydrogen-bond acceptors (Lipinski definition) is 6. The Morgan fingerprint density at radius 1 is 1.03 bits per heavy atom. The average molecular weight is 465 g/mol. The van der Waals surface area contributed by atoms with Gasteiger partial charge in [-0.1, -0.05) is 29.8 Å². The molecule has 0 bridgehead atoms. The fourth-order valence-corrected chi connectivity index (χ4v) is 3.98. The summed E-state index contributed by atoms with van der Waals surface area (Å²) in [6.45, 7) is 0.137. The molecule has 0 aliphatic carbocycles. The summed E-state index contributed by atoms with van der Waals surface area (Å²) in [7, 11) is 3.05. The van der Waals surface area contributed by atoms with Crippen LogP contribution in [-0.2, 0) is 16.1 Å². The molecule has 3 aromatic rings. The molecule has 168 valence electrons. The van der Waals surface area contributed by atoms with Gasteiger partial charge in [0.2, 0.25) is 0 Å². The number of likely N-dealkylation sites (tertiary alicyclic amines) is 1. The fraction of sp³-hybridized carbons (Fsp3) is 0.160. The van der Waals surface area contributed by atoms with Gasteiger partial charge in [0.15, 0.2) is 0 Å². The Morgan fingerprint density at radius 3 is 2.36 bits per heavy atom. The summed E-state index contributed by atoms with van der Waals surface area (Å²) >= 11 is 6.31. The molecular formula is C25H21ClN2O5. The van der Waals surface area contributed by atoms with Crippen molar-refractivity contribution in [1.82, 2.24) is 9.88 Å². The summed E-state index contributed by atoms with van der Waals surface area (Å²) < 4.78 is 10.4. The van der Waals surface area contributed by atoms with Crippen LogP contribution in [-0.4, -0.2) is 40.9 Å². The summed E-state index contributed by atoms with van der Waals surface area (Å²) in [6.07, 6.45) is 1.57. The van der Waals surface area contributed by atoms with Crippen LogP contribution in [0.4, 0.5) is 0 Å². The van der Waals surface area contributed by atoms with E-state index in [-0.39, 0.29) is 28.5 Å². The third-order valence-electron chi connectivity index (χ3n) is 5.45. The number of aliphatic hydroxyl groups excluding tert-OH is 1. The van der Waals surface area contributed by atoms with Crippen molar-refractivity contribution in [2.45, 2.75) is 12.6 Å². The van der Waals surface area contributed by atoms with Crippen molar-refractivity contribution in [2.75, 3.05) is 14.2 Å². The quantitative estimate of drug-likeness (QED) is 0.331. The van der Waals surface area contributed by atoms with Gasteiger partial charge in [0, 0.05) is 18.3 Å². The van der Waals surface area contributed by atoms with E-state index in [1.165, 1.54) is 18.1 Å². The number of amides is 1. The van der Waals surface area contributed by atoms with E-state index in [1.54, 1.807) is 55.8 Å². The maximum Gasteiger partial charge on any atom is 0.296 e. The molecule has 8 heteroatoms. The van der Waals surface area contributed by atoms with Crippen LogP contribution in [0, 0.1) is 0 Å². The minimum atomic E-state index is -0.893. The Morgan fingerprint density at radius 2 is 1.73 bits per heavy atom. The molecule has 1 amide bonds. The molecule has 33 heavy (non-hydrogen) atoms. The number of aromatic nitrogens is 1. The Kier molecular flexibility index (Phi) is 6.33. The van der Waals surface area contributed by atoms with E-state index >= 15 is 0 Å². The molecule has 1 saturated heterocycles. The number of carbonyl (C=O) groups excluding carboxylic acids is 2. The lowest BCUT2D eigenvalue weighted by atomic mass is 9.98. The maximum atomic E-state index is 13.1. The third-order valence-corrected chi connectivity index (χ3v) is 5.78. The molecule has 0 radical (unpaired) electrons. The van der Waals surface area contributed by atoms with Gasteiger partial charge in [0.05, 0.1) is 30.5 Å². The maximum absolute atomic E-state index is 13.1. The molecule has 1 aliphatic heterocycles. The largest absolute Gasteiger partial charge is 0.507 e. The highest BCUT2D eigenvalue weighted by Gasteiger charge is 2.46. The van der Waals surface area contributed by atoms with Crippen molar-refractivity contribution >= 4 is 29.1 Å². The van der Waals surface area contributed by atoms with Gasteiger partial charge in [0.1, 0.15) is 23.3 Å². The predicted molar refractivity (Wildman–Crippen MR) is 123 cm³/mol. The first-order chi connectivity index (χ1) is 15.9. The number of aliphatic hydroxyl groups is 1. The van der Waals surface area contributed by atoms with Crippen LogP contribution >= 0.6 is 11.6 Å². The molecule has 0 saturated carbocycles. The van der Waals surface area contributed by atoms with E-state index < -0.39 is 17.7 Å². The van der Waals surface area contributed by atoms with Gasteiger partial charge in [-0.15, -0.1) is 0 Å². The Balaban J connectivity index is 1.84. The number of pyridine rings is 1. The van der Waals surface area contributed by atoms with Crippen LogP contribution in [0.2, 0.25) is 5.02 Å². The summed E-state index contributed by atoms with van der Waals surface area (Å²) in [5.74, 6) is -0.805. The topological polar surface area (TPSA) is 89.0 Å². The Bertz CT molecular complexity index is 1230. The lowest BCUT2D eigenvalue weighted by Crippen LogP contribution is -2.29. The van der Waals surface area contributed by atoms with E-state index in [1.807, 2.05) is 12.1 Å². The number of halogens is 1. The van der Waals surface area contributed by atoms with Gasteiger partial charge in [-0.2, -0.15) is 0 Å². The zero-order valence-electron chi connectivity index (χ0n) is 18.0. The molecule has 1 atom stereocenters. The molecule has 1 N–H and O–H groups in total. The highest BCUT2D eigenvalue weighted by Crippen LogP contribution is 2.41. The second-order valence-electron chi connectivity index (χ2n) is 7.38. The number of Topliss-reactive ketones (excluding diaryl/α,β-unsaturated/α-hetero) is 1. The minimum Gasteiger partial charge on any atom is -0.507 e. The van der Waals surface area contributed by atoms with E-state index in [4.69, 9.17) is 21.1 Å². The molecule has 2 aromatic carbocycles. The van der Waals surface area contributed by atoms with E-state index in [9.17, 15) is 14.7 Å². The van der Waals surface area contributed by atoms with Crippen LogP contribution in [0.25, 0.3) is 5.76 Å². The van der Waals surface area contributed by atoms with Gasteiger partial charge in [0.25, 0.3) is 11.7 Å². The summed E-state index contributed by atoms with van der Waals surface area (Å²) in [5.41, 5.74) is 1.35. The Labute approximate surface area is 195 Å². The van der Waals surface area contributed by atoms with Gasteiger partial charge in [-0.3, -0.25) is 14.6 Å². The number of benzene rings is 2. The van der Waals surface area contributed by atoms with Gasteiger partial charge in [-0.05, 0) is 48.0 Å². The highest BCUT2D eigenvalue weighted by atomic mass is 35.5. The summed E-state index contributed by atoms with van der Waals surface area (Å²) in [6, 6.07) is 16.2. The van der Waals surface area contributed by atoms with Gasteiger partial charge >= 0.3 is 0 Å². The molecule has 0 spiro atoms. The van der Waals surface area contributed by atoms with Crippen molar-refractivity contribution in [3.8, 4) is 11.5 Å². The molecule has 4 rings (SSSR count). The zero-order chi connectivity index (χ0) is 23.5. The van der Waals surface area contributed by atoms with Crippen molar-refractivity contribution < 1.29 is 24.2 Å². The minimum absolute atomic E-state index is 0.0811. The van der Waals surface area contributed by atoms with Crippen LogP contribution < -0.4 is 9.47 Å². The smallest absolute Gasteiger partial charge is 0.296 e. The number of carbonyl (C=O) groups is 2. The standard InChI is InChI=1S/C25H21ClN2O5/c1-32-16-8-6-15(7-9-16)14-28-22(20-5-3-4-12-27-20)21(24(30)25(28)31)23(29)18-13-17(33-2)10-11-19(18)26/h3-13,22,29H,14H2,1-2H3/b23-21+. The summed E-state index contributed by atoms with van der Waals surface area (Å²) in [5, 5.41) is 11.4. The Hall–Kier alpha value is -3.84. The number of nitrogens with zero attached hydrogens (tertiary/aromatic N) is 2. The average Bonchev–Trinajstić information content (AvgIpc) is 3.10. The lowest BCUT2D eigenvalue weighted by molar-refractivity contribution is -0.140. The molecular weight excluding hydrogens is 444 g/mol. The highest BCUT2D eigenvalue weighted by molar-refractivity contribution is 6.46. The predicted octanol–water partition coefficient (Wildman–Crippen LogP) is 4.37. The molecule has 7 nitrogen and oxygen atoms in total. The normalized spacial score (nSPS) is 17.3. The van der Waals surface area contributed by atoms with Crippen LogP contribution in [0.5, 0.6) is 11.5 Å². The monoisotopic (exact) mass is 464 g/mol. The van der Waals surface area contributed by atoms with Crippen LogP contribution in [0.3, 0.4) is 0 Å². The second-order valence-corrected chi connectivity index (χ2v) is 7.78. The fourth-order valence-electron chi connectivity index (χ4n) is 3.77. The molecule has 1 fully saturated rings. The van der Waals surface area contributed by atoms with Crippen molar-refractivity contribution in [1.29, 1.82) is 0 Å². The van der Waals surface area contributed by atoms with E-state index in [0.717, 1.165) is 5.56 Å². The number of ketones is 1. The van der Waals surface area contributed by atoms with Gasteiger partial charge in [-0.25, -0.2) is 0 Å². The SMILES string of the molecule is COc1ccc(CN2C(=O)C(=O)/C(=C(/O)c3cc(OC)ccc3Cl)C2c2ccccn2)cc1. The number of rotatable bonds is 6. The number of hydrogen-bond donors (Lipinski definition) is 1. The second kappa shape index (κ2) is 9.34. The van der Waals surface area contributed by atoms with Gasteiger partial charge < -0.3 is 19.5 Å². The first kappa shape index (κ1) is 22.4. The molecule has 1 aromatic heterocycles. The third kappa shape index (κ3) is 4.27. The molecule has 2 heterocycles. The zero-order valence-corrected chi connectivity index (χ0v) is 18.7. The lowest BCUT2D eigenvalue weighted by Gasteiger charge is -2.24. The van der Waals surface area contributed by atoms with E-state index in [2.05, 4.69) is 4.98 Å². The molecule has 1 aliphatic rings.